The highest BCUT2D eigenvalue weighted by atomic mass is 32.2. The van der Waals surface area contributed by atoms with Crippen LogP contribution in [0.25, 0.3) is 0 Å². The minimum absolute atomic E-state index is 0.131. The van der Waals surface area contributed by atoms with E-state index in [1.165, 1.54) is 19.0 Å². The number of imidazole rings is 1. The molecular weight excluding hydrogens is 278 g/mol. The molecule has 2 N–H and O–H groups in total. The van der Waals surface area contributed by atoms with Crippen molar-refractivity contribution in [2.24, 2.45) is 0 Å². The molecule has 0 aliphatic heterocycles. The third kappa shape index (κ3) is 4.29. The predicted molar refractivity (Wildman–Crippen MR) is 76.0 cm³/mol. The van der Waals surface area contributed by atoms with Crippen molar-refractivity contribution in [3.63, 3.8) is 0 Å². The number of aryl methyl sites for hydroxylation is 1. The fourth-order valence-corrected chi connectivity index (χ4v) is 3.33. The minimum atomic E-state index is -3.47. The van der Waals surface area contributed by atoms with Crippen molar-refractivity contribution in [2.75, 3.05) is 13.2 Å². The molecule has 6 nitrogen and oxygen atoms in total. The molecule has 7 heteroatoms. The van der Waals surface area contributed by atoms with E-state index < -0.39 is 10.0 Å². The molecule has 1 heterocycles. The summed E-state index contributed by atoms with van der Waals surface area (Å²) in [6, 6.07) is 0. The van der Waals surface area contributed by atoms with Crippen LogP contribution in [0, 0.1) is 0 Å². The van der Waals surface area contributed by atoms with Crippen molar-refractivity contribution >= 4 is 10.0 Å². The lowest BCUT2D eigenvalue weighted by atomic mass is 10.3. The number of nitrogens with zero attached hydrogens (tertiary/aromatic N) is 1. The Morgan fingerprint density at radius 3 is 2.85 bits per heavy atom. The van der Waals surface area contributed by atoms with Crippen LogP contribution in [0.5, 0.6) is 0 Å². The first kappa shape index (κ1) is 15.5. The van der Waals surface area contributed by atoms with Gasteiger partial charge in [0, 0.05) is 19.6 Å². The fourth-order valence-electron chi connectivity index (χ4n) is 2.32. The normalized spacial score (nSPS) is 16.9. The largest absolute Gasteiger partial charge is 0.378 e. The van der Waals surface area contributed by atoms with Gasteiger partial charge < -0.3 is 9.72 Å². The quantitative estimate of drug-likeness (QED) is 0.714. The van der Waals surface area contributed by atoms with Crippen LogP contribution in [0.4, 0.5) is 0 Å². The van der Waals surface area contributed by atoms with Gasteiger partial charge in [0.15, 0.2) is 5.03 Å². The van der Waals surface area contributed by atoms with Gasteiger partial charge in [0.25, 0.3) is 10.0 Å². The van der Waals surface area contributed by atoms with E-state index in [4.69, 9.17) is 4.74 Å². The van der Waals surface area contributed by atoms with Gasteiger partial charge in [0.1, 0.15) is 5.82 Å². The van der Waals surface area contributed by atoms with Crippen LogP contribution < -0.4 is 4.72 Å². The van der Waals surface area contributed by atoms with Crippen LogP contribution in [-0.2, 0) is 21.2 Å². The van der Waals surface area contributed by atoms with Crippen LogP contribution in [-0.4, -0.2) is 37.6 Å². The van der Waals surface area contributed by atoms with Crippen molar-refractivity contribution in [1.82, 2.24) is 14.7 Å². The van der Waals surface area contributed by atoms with E-state index in [2.05, 4.69) is 14.7 Å². The molecule has 1 aliphatic rings. The molecule has 1 aromatic heterocycles. The van der Waals surface area contributed by atoms with Crippen LogP contribution >= 0.6 is 0 Å². The predicted octanol–water partition coefficient (Wildman–Crippen LogP) is 1.60. The highest BCUT2D eigenvalue weighted by Gasteiger charge is 2.17. The maximum absolute atomic E-state index is 12.0. The molecule has 0 atom stereocenters. The van der Waals surface area contributed by atoms with E-state index in [0.717, 1.165) is 12.8 Å². The van der Waals surface area contributed by atoms with Crippen molar-refractivity contribution in [2.45, 2.75) is 56.6 Å². The van der Waals surface area contributed by atoms with Crippen molar-refractivity contribution in [3.05, 3.63) is 12.0 Å². The van der Waals surface area contributed by atoms with Gasteiger partial charge in [0.2, 0.25) is 0 Å². The maximum Gasteiger partial charge on any atom is 0.257 e. The summed E-state index contributed by atoms with van der Waals surface area (Å²) in [5, 5.41) is 0.131. The van der Waals surface area contributed by atoms with Gasteiger partial charge >= 0.3 is 0 Å². The molecule has 1 saturated carbocycles. The summed E-state index contributed by atoms with van der Waals surface area (Å²) in [6.45, 7) is 2.91. The Hall–Kier alpha value is -0.920. The number of sulfonamides is 1. The molecule has 114 valence electrons. The standard InChI is InChI=1S/C13H23N3O3S/c1-2-12-14-10-13(16-12)20(17,18)15-8-5-9-19-11-6-3-4-7-11/h10-11,15H,2-9H2,1H3,(H,14,16). The Kier molecular flexibility index (Phi) is 5.56. The molecular formula is C13H23N3O3S. The number of H-pyrrole nitrogens is 1. The van der Waals surface area contributed by atoms with Crippen molar-refractivity contribution in [1.29, 1.82) is 0 Å². The Labute approximate surface area is 120 Å². The average molecular weight is 301 g/mol. The molecule has 0 saturated heterocycles. The van der Waals surface area contributed by atoms with Gasteiger partial charge in [-0.15, -0.1) is 0 Å². The van der Waals surface area contributed by atoms with Gasteiger partial charge in [-0.1, -0.05) is 19.8 Å². The Balaban J connectivity index is 1.69. The summed E-state index contributed by atoms with van der Waals surface area (Å²) in [4.78, 5) is 6.79. The third-order valence-electron chi connectivity index (χ3n) is 3.50. The summed E-state index contributed by atoms with van der Waals surface area (Å²) in [6.07, 6.45) is 7.88. The lowest BCUT2D eigenvalue weighted by Gasteiger charge is -2.10. The van der Waals surface area contributed by atoms with E-state index in [9.17, 15) is 8.42 Å². The van der Waals surface area contributed by atoms with E-state index in [1.54, 1.807) is 0 Å². The second kappa shape index (κ2) is 7.19. The summed E-state index contributed by atoms with van der Waals surface area (Å²) < 4.78 is 32.2. The lowest BCUT2D eigenvalue weighted by molar-refractivity contribution is 0.0575. The zero-order chi connectivity index (χ0) is 14.4. The Bertz CT molecular complexity index is 507. The average Bonchev–Trinajstić information content (AvgIpc) is 3.09. The van der Waals surface area contributed by atoms with Gasteiger partial charge in [-0.05, 0) is 19.3 Å². The molecule has 0 bridgehead atoms. The number of aromatic amines is 1. The van der Waals surface area contributed by atoms with E-state index in [1.807, 2.05) is 6.92 Å². The molecule has 1 aliphatic carbocycles. The molecule has 1 aromatic rings. The SMILES string of the molecule is CCc1ncc(S(=O)(=O)NCCCOC2CCCC2)[nH]1. The molecule has 20 heavy (non-hydrogen) atoms. The van der Waals surface area contributed by atoms with Crippen molar-refractivity contribution in [3.8, 4) is 0 Å². The van der Waals surface area contributed by atoms with Gasteiger partial charge in [0.05, 0.1) is 12.3 Å². The number of aromatic nitrogens is 2. The maximum atomic E-state index is 12.0. The number of ether oxygens (including phenoxy) is 1. The number of hydrogen-bond acceptors (Lipinski definition) is 4. The monoisotopic (exact) mass is 301 g/mol. The molecule has 0 spiro atoms. The molecule has 2 rings (SSSR count). The van der Waals surface area contributed by atoms with Gasteiger partial charge in [-0.25, -0.2) is 18.1 Å². The van der Waals surface area contributed by atoms with E-state index in [0.29, 0.717) is 37.9 Å². The first-order valence-corrected chi connectivity index (χ1v) is 8.75. The van der Waals surface area contributed by atoms with Crippen molar-refractivity contribution < 1.29 is 13.2 Å². The van der Waals surface area contributed by atoms with E-state index >= 15 is 0 Å². The van der Waals surface area contributed by atoms with Crippen LogP contribution in [0.1, 0.15) is 44.9 Å². The topological polar surface area (TPSA) is 84.1 Å². The van der Waals surface area contributed by atoms with Crippen LogP contribution in [0.15, 0.2) is 11.2 Å². The Morgan fingerprint density at radius 2 is 2.20 bits per heavy atom. The first-order valence-electron chi connectivity index (χ1n) is 7.27. The Morgan fingerprint density at radius 1 is 1.45 bits per heavy atom. The molecule has 0 amide bonds. The van der Waals surface area contributed by atoms with Crippen LogP contribution in [0.3, 0.4) is 0 Å². The van der Waals surface area contributed by atoms with Gasteiger partial charge in [-0.2, -0.15) is 0 Å². The number of nitrogens with one attached hydrogen (secondary N) is 2. The van der Waals surface area contributed by atoms with Gasteiger partial charge in [-0.3, -0.25) is 0 Å². The summed E-state index contributed by atoms with van der Waals surface area (Å²) in [7, 11) is -3.47. The number of rotatable bonds is 8. The zero-order valence-electron chi connectivity index (χ0n) is 11.9. The molecule has 0 aromatic carbocycles. The summed E-state index contributed by atoms with van der Waals surface area (Å²) in [5.74, 6) is 0.676. The highest BCUT2D eigenvalue weighted by Crippen LogP contribution is 2.20. The summed E-state index contributed by atoms with van der Waals surface area (Å²) >= 11 is 0. The lowest BCUT2D eigenvalue weighted by Crippen LogP contribution is -2.26. The second-order valence-corrected chi connectivity index (χ2v) is 6.81. The smallest absolute Gasteiger partial charge is 0.257 e. The molecule has 1 fully saturated rings. The second-order valence-electron chi connectivity index (χ2n) is 5.08. The van der Waals surface area contributed by atoms with Crippen LogP contribution in [0.2, 0.25) is 0 Å². The minimum Gasteiger partial charge on any atom is -0.378 e. The number of hydrogen-bond donors (Lipinski definition) is 2. The molecule has 0 unspecified atom stereocenters. The zero-order valence-corrected chi connectivity index (χ0v) is 12.7. The highest BCUT2D eigenvalue weighted by molar-refractivity contribution is 7.89. The first-order chi connectivity index (χ1) is 9.62. The molecule has 0 radical (unpaired) electrons. The summed E-state index contributed by atoms with van der Waals surface area (Å²) in [5.41, 5.74) is 0. The van der Waals surface area contributed by atoms with E-state index in [-0.39, 0.29) is 5.03 Å². The third-order valence-corrected chi connectivity index (χ3v) is 4.87. The fraction of sp³-hybridized carbons (Fsp3) is 0.769.